The molecule has 1 unspecified atom stereocenters. The number of nitrogens with one attached hydrogen (secondary N) is 2. The molecule has 1 saturated heterocycles. The van der Waals surface area contributed by atoms with Crippen LogP contribution in [0.1, 0.15) is 22.1 Å². The van der Waals surface area contributed by atoms with E-state index >= 15 is 0 Å². The lowest BCUT2D eigenvalue weighted by Crippen LogP contribution is -2.48. The van der Waals surface area contributed by atoms with Crippen LogP contribution < -0.4 is 16.4 Å². The topological polar surface area (TPSA) is 112 Å². The van der Waals surface area contributed by atoms with Crippen molar-refractivity contribution in [3.05, 3.63) is 96.4 Å². The molecule has 1 atom stereocenters. The first kappa shape index (κ1) is 24.5. The van der Waals surface area contributed by atoms with Crippen LogP contribution in [-0.2, 0) is 0 Å². The van der Waals surface area contributed by atoms with E-state index < -0.39 is 0 Å². The first-order valence-corrected chi connectivity index (χ1v) is 12.3. The second kappa shape index (κ2) is 11.3. The molecule has 4 N–H and O–H groups in total. The van der Waals surface area contributed by atoms with Gasteiger partial charge in [-0.05, 0) is 67.2 Å². The molecule has 2 aromatic heterocycles. The molecule has 3 heterocycles. The molecule has 1 fully saturated rings. The summed E-state index contributed by atoms with van der Waals surface area (Å²) in [6.07, 6.45) is 5.03. The highest BCUT2D eigenvalue weighted by Gasteiger charge is 2.21. The predicted molar refractivity (Wildman–Crippen MR) is 145 cm³/mol. The second-order valence-corrected chi connectivity index (χ2v) is 9.07. The predicted octanol–water partition coefficient (Wildman–Crippen LogP) is 3.74. The molecule has 37 heavy (non-hydrogen) atoms. The first-order chi connectivity index (χ1) is 18.0. The SMILES string of the molecule is CN1CCN(C(N)c2ccc(C(=O)Nc3ccc(Nc4nccc(-c5cccnc5)n4)cc3)cc2)CC1. The quantitative estimate of drug-likeness (QED) is 0.356. The van der Waals surface area contributed by atoms with E-state index in [1.165, 1.54) is 0 Å². The number of piperazine rings is 1. The number of rotatable bonds is 7. The number of carbonyl (C=O) groups is 1. The Kier molecular flexibility index (Phi) is 7.46. The number of amides is 1. The van der Waals surface area contributed by atoms with Gasteiger partial charge in [-0.1, -0.05) is 12.1 Å². The number of aromatic nitrogens is 3. The average Bonchev–Trinajstić information content (AvgIpc) is 2.95. The van der Waals surface area contributed by atoms with Crippen molar-refractivity contribution in [1.29, 1.82) is 0 Å². The summed E-state index contributed by atoms with van der Waals surface area (Å²) in [5.41, 5.74) is 11.2. The van der Waals surface area contributed by atoms with Crippen LogP contribution in [-0.4, -0.2) is 63.9 Å². The van der Waals surface area contributed by atoms with Crippen molar-refractivity contribution in [3.63, 3.8) is 0 Å². The summed E-state index contributed by atoms with van der Waals surface area (Å²) < 4.78 is 0. The van der Waals surface area contributed by atoms with Crippen LogP contribution in [0, 0.1) is 0 Å². The number of benzene rings is 2. The molecular weight excluding hydrogens is 464 g/mol. The van der Waals surface area contributed by atoms with Crippen molar-refractivity contribution in [3.8, 4) is 11.3 Å². The number of hydrogen-bond donors (Lipinski definition) is 3. The van der Waals surface area contributed by atoms with Gasteiger partial charge in [0.25, 0.3) is 5.91 Å². The number of nitrogens with zero attached hydrogens (tertiary/aromatic N) is 5. The Balaban J connectivity index is 1.18. The van der Waals surface area contributed by atoms with E-state index in [1.54, 1.807) is 18.6 Å². The molecule has 1 aliphatic heterocycles. The Hall–Kier alpha value is -4.18. The normalized spacial score (nSPS) is 15.2. The molecule has 4 aromatic rings. The molecule has 188 valence electrons. The van der Waals surface area contributed by atoms with Gasteiger partial charge < -0.3 is 21.3 Å². The molecule has 2 aromatic carbocycles. The molecule has 0 bridgehead atoms. The molecule has 0 saturated carbocycles. The summed E-state index contributed by atoms with van der Waals surface area (Å²) in [4.78, 5) is 30.3. The van der Waals surface area contributed by atoms with E-state index in [4.69, 9.17) is 5.73 Å². The van der Waals surface area contributed by atoms with Crippen LogP contribution in [0.25, 0.3) is 11.3 Å². The number of hydrogen-bond acceptors (Lipinski definition) is 8. The molecule has 0 spiro atoms. The minimum atomic E-state index is -0.173. The summed E-state index contributed by atoms with van der Waals surface area (Å²) >= 11 is 0. The molecule has 9 heteroatoms. The van der Waals surface area contributed by atoms with Gasteiger partial charge in [-0.2, -0.15) is 0 Å². The molecule has 5 rings (SSSR count). The molecule has 1 aliphatic rings. The number of pyridine rings is 1. The van der Waals surface area contributed by atoms with Gasteiger partial charge in [-0.15, -0.1) is 0 Å². The van der Waals surface area contributed by atoms with Crippen molar-refractivity contribution in [1.82, 2.24) is 24.8 Å². The Morgan fingerprint density at radius 3 is 2.35 bits per heavy atom. The van der Waals surface area contributed by atoms with Crippen LogP contribution in [0.4, 0.5) is 17.3 Å². The maximum absolute atomic E-state index is 12.8. The van der Waals surface area contributed by atoms with Crippen LogP contribution in [0.2, 0.25) is 0 Å². The number of likely N-dealkylation sites (N-methyl/N-ethyl adjacent to an activating group) is 1. The Labute approximate surface area is 216 Å². The summed E-state index contributed by atoms with van der Waals surface area (Å²) in [5, 5.41) is 6.14. The molecule has 0 radical (unpaired) electrons. The van der Waals surface area contributed by atoms with E-state index in [9.17, 15) is 4.79 Å². The maximum atomic E-state index is 12.8. The molecule has 0 aliphatic carbocycles. The number of nitrogens with two attached hydrogens (primary N) is 1. The summed E-state index contributed by atoms with van der Waals surface area (Å²) in [6, 6.07) is 20.6. The van der Waals surface area contributed by atoms with E-state index in [0.717, 1.165) is 48.7 Å². The highest BCUT2D eigenvalue weighted by Crippen LogP contribution is 2.21. The van der Waals surface area contributed by atoms with Gasteiger partial charge in [0.05, 0.1) is 11.9 Å². The Bertz CT molecular complexity index is 1320. The fraction of sp³-hybridized carbons (Fsp3) is 0.214. The second-order valence-electron chi connectivity index (χ2n) is 9.07. The van der Waals surface area contributed by atoms with E-state index in [0.29, 0.717) is 17.2 Å². The maximum Gasteiger partial charge on any atom is 0.255 e. The fourth-order valence-electron chi connectivity index (χ4n) is 4.21. The van der Waals surface area contributed by atoms with Crippen molar-refractivity contribution in [2.75, 3.05) is 43.9 Å². The molecule has 1 amide bonds. The van der Waals surface area contributed by atoms with Crippen LogP contribution in [0.3, 0.4) is 0 Å². The summed E-state index contributed by atoms with van der Waals surface area (Å²) in [6.45, 7) is 3.89. The van der Waals surface area contributed by atoms with E-state index in [1.807, 2.05) is 66.7 Å². The highest BCUT2D eigenvalue weighted by molar-refractivity contribution is 6.04. The zero-order chi connectivity index (χ0) is 25.6. The Morgan fingerprint density at radius 2 is 1.65 bits per heavy atom. The lowest BCUT2D eigenvalue weighted by molar-refractivity contribution is 0.102. The smallest absolute Gasteiger partial charge is 0.255 e. The summed E-state index contributed by atoms with van der Waals surface area (Å²) in [5.74, 6) is 0.306. The first-order valence-electron chi connectivity index (χ1n) is 12.3. The van der Waals surface area contributed by atoms with E-state index in [2.05, 4.69) is 42.4 Å². The highest BCUT2D eigenvalue weighted by atomic mass is 16.1. The third-order valence-corrected chi connectivity index (χ3v) is 6.46. The third kappa shape index (κ3) is 6.15. The van der Waals surface area contributed by atoms with Crippen LogP contribution >= 0.6 is 0 Å². The van der Waals surface area contributed by atoms with Gasteiger partial charge in [0.1, 0.15) is 0 Å². The van der Waals surface area contributed by atoms with E-state index in [-0.39, 0.29) is 12.1 Å². The number of carbonyl (C=O) groups excluding carboxylic acids is 1. The minimum absolute atomic E-state index is 0.167. The van der Waals surface area contributed by atoms with Gasteiger partial charge >= 0.3 is 0 Å². The lowest BCUT2D eigenvalue weighted by Gasteiger charge is -2.36. The van der Waals surface area contributed by atoms with Gasteiger partial charge in [-0.3, -0.25) is 14.7 Å². The van der Waals surface area contributed by atoms with Crippen molar-refractivity contribution in [2.24, 2.45) is 5.73 Å². The molecular formula is C28H30N8O. The van der Waals surface area contributed by atoms with Gasteiger partial charge in [0.2, 0.25) is 5.95 Å². The standard InChI is InChI=1S/C28H30N8O/c1-35-15-17-36(18-16-35)26(29)20-4-6-21(7-5-20)27(37)32-23-8-10-24(11-9-23)33-28-31-14-12-25(34-28)22-3-2-13-30-19-22/h2-14,19,26H,15-18,29H2,1H3,(H,32,37)(H,31,33,34). The number of anilines is 3. The average molecular weight is 495 g/mol. The zero-order valence-electron chi connectivity index (χ0n) is 20.7. The summed E-state index contributed by atoms with van der Waals surface area (Å²) in [7, 11) is 2.12. The largest absolute Gasteiger partial charge is 0.324 e. The lowest BCUT2D eigenvalue weighted by atomic mass is 10.1. The van der Waals surface area contributed by atoms with Gasteiger partial charge in [0, 0.05) is 67.3 Å². The van der Waals surface area contributed by atoms with Gasteiger partial charge in [0.15, 0.2) is 0 Å². The van der Waals surface area contributed by atoms with Crippen molar-refractivity contribution in [2.45, 2.75) is 6.17 Å². The zero-order valence-corrected chi connectivity index (χ0v) is 20.7. The molecule has 9 nitrogen and oxygen atoms in total. The fourth-order valence-corrected chi connectivity index (χ4v) is 4.21. The third-order valence-electron chi connectivity index (χ3n) is 6.46. The monoisotopic (exact) mass is 494 g/mol. The van der Waals surface area contributed by atoms with Crippen LogP contribution in [0.15, 0.2) is 85.3 Å². The minimum Gasteiger partial charge on any atom is -0.324 e. The Morgan fingerprint density at radius 1 is 0.919 bits per heavy atom. The van der Waals surface area contributed by atoms with Gasteiger partial charge in [-0.25, -0.2) is 9.97 Å². The van der Waals surface area contributed by atoms with Crippen molar-refractivity contribution < 1.29 is 4.79 Å². The van der Waals surface area contributed by atoms with Crippen molar-refractivity contribution >= 4 is 23.2 Å². The van der Waals surface area contributed by atoms with Crippen LogP contribution in [0.5, 0.6) is 0 Å².